The van der Waals surface area contributed by atoms with E-state index in [0.717, 1.165) is 0 Å². The van der Waals surface area contributed by atoms with Crippen LogP contribution in [0, 0.1) is 5.92 Å². The second kappa shape index (κ2) is 16.4. The molecule has 1 aliphatic rings. The van der Waals surface area contributed by atoms with E-state index in [9.17, 15) is 38.7 Å². The molecule has 0 aromatic rings. The lowest BCUT2D eigenvalue weighted by Gasteiger charge is -2.27. The Balaban J connectivity index is 2.90. The van der Waals surface area contributed by atoms with Crippen LogP contribution < -0.4 is 32.7 Å². The number of rotatable bonds is 16. The van der Waals surface area contributed by atoms with Gasteiger partial charge in [-0.25, -0.2) is 4.79 Å². The van der Waals surface area contributed by atoms with Crippen LogP contribution in [0.4, 0.5) is 0 Å². The summed E-state index contributed by atoms with van der Waals surface area (Å²) in [5.74, 6) is -6.47. The molecule has 6 amide bonds. The molecule has 6 atom stereocenters. The molecule has 0 unspecified atom stereocenters. The maximum absolute atomic E-state index is 13.0. The number of hydrogen-bond donors (Lipinski definition) is 9. The lowest BCUT2D eigenvalue weighted by molar-refractivity contribution is -0.145. The molecule has 41 heavy (non-hydrogen) atoms. The zero-order valence-electron chi connectivity index (χ0n) is 23.3. The van der Waals surface area contributed by atoms with Crippen LogP contribution in [0.5, 0.6) is 0 Å². The summed E-state index contributed by atoms with van der Waals surface area (Å²) in [7, 11) is 0. The van der Waals surface area contributed by atoms with Crippen molar-refractivity contribution in [2.24, 2.45) is 17.4 Å². The van der Waals surface area contributed by atoms with E-state index in [1.807, 2.05) is 0 Å². The molecule has 0 saturated carbocycles. The minimum Gasteiger partial charge on any atom is -0.480 e. The standard InChI is InChI=1S/C24H41N7O10/c1-11(2)7-13(28-21(37)14(8-17(25)34)29-23(39)19(26)12(3)33)20(36)27-9-18(35)31-6-4-5-16(31)22(38)30-15(10-32)24(40)41/h11-16,19,32-33H,4-10,26H2,1-3H3,(H2,25,34)(H,27,36)(H,28,37)(H,29,39)(H,30,38)(H,40,41)/t12-,13-,14+,15+,16-,19+/m1/s1. The van der Waals surface area contributed by atoms with E-state index < -0.39 is 97.3 Å². The summed E-state index contributed by atoms with van der Waals surface area (Å²) in [6.07, 6.45) is -1.05. The van der Waals surface area contributed by atoms with Crippen molar-refractivity contribution >= 4 is 41.4 Å². The minimum atomic E-state index is -1.54. The zero-order valence-corrected chi connectivity index (χ0v) is 23.3. The quantitative estimate of drug-likeness (QED) is 0.0826. The fourth-order valence-electron chi connectivity index (χ4n) is 4.05. The Morgan fingerprint density at radius 2 is 1.54 bits per heavy atom. The fourth-order valence-corrected chi connectivity index (χ4v) is 4.05. The van der Waals surface area contributed by atoms with Crippen LogP contribution in [0.1, 0.15) is 46.5 Å². The smallest absolute Gasteiger partial charge is 0.328 e. The highest BCUT2D eigenvalue weighted by atomic mass is 16.4. The molecule has 0 aromatic heterocycles. The summed E-state index contributed by atoms with van der Waals surface area (Å²) in [5.41, 5.74) is 10.8. The van der Waals surface area contributed by atoms with Crippen molar-refractivity contribution in [2.75, 3.05) is 19.7 Å². The van der Waals surface area contributed by atoms with Crippen LogP contribution in [0.15, 0.2) is 0 Å². The lowest BCUT2D eigenvalue weighted by atomic mass is 10.0. The molecule has 0 radical (unpaired) electrons. The van der Waals surface area contributed by atoms with Crippen molar-refractivity contribution in [1.82, 2.24) is 26.2 Å². The van der Waals surface area contributed by atoms with E-state index in [1.165, 1.54) is 11.8 Å². The van der Waals surface area contributed by atoms with Crippen LogP contribution in [0.3, 0.4) is 0 Å². The molecule has 1 rings (SSSR count). The number of nitrogens with two attached hydrogens (primary N) is 2. The van der Waals surface area contributed by atoms with Gasteiger partial charge in [0.15, 0.2) is 0 Å². The van der Waals surface area contributed by atoms with Crippen molar-refractivity contribution in [3.05, 3.63) is 0 Å². The number of carbonyl (C=O) groups excluding carboxylic acids is 6. The van der Waals surface area contributed by atoms with Gasteiger partial charge in [-0.15, -0.1) is 0 Å². The van der Waals surface area contributed by atoms with Crippen molar-refractivity contribution in [1.29, 1.82) is 0 Å². The van der Waals surface area contributed by atoms with Gasteiger partial charge >= 0.3 is 5.97 Å². The second-order valence-corrected chi connectivity index (χ2v) is 10.2. The molecule has 17 heteroatoms. The van der Waals surface area contributed by atoms with Crippen LogP contribution in [0.25, 0.3) is 0 Å². The Labute approximate surface area is 236 Å². The van der Waals surface area contributed by atoms with Gasteiger partial charge in [0.1, 0.15) is 30.2 Å². The van der Waals surface area contributed by atoms with E-state index in [1.54, 1.807) is 13.8 Å². The minimum absolute atomic E-state index is 0.114. The van der Waals surface area contributed by atoms with E-state index in [-0.39, 0.29) is 25.3 Å². The van der Waals surface area contributed by atoms with Crippen LogP contribution in [-0.4, -0.2) is 118 Å². The molecule has 0 aliphatic carbocycles. The SMILES string of the molecule is CC(C)C[C@@H](NC(=O)[C@H](CC(N)=O)NC(=O)[C@@H](N)[C@@H](C)O)C(=O)NCC(=O)N1CCC[C@@H]1C(=O)N[C@@H](CO)C(=O)O. The number of nitrogens with one attached hydrogen (secondary N) is 4. The van der Waals surface area contributed by atoms with Crippen molar-refractivity contribution < 1.29 is 48.9 Å². The number of aliphatic hydroxyl groups is 2. The predicted octanol–water partition coefficient (Wildman–Crippen LogP) is -4.75. The van der Waals surface area contributed by atoms with Crippen molar-refractivity contribution in [2.45, 2.75) is 82.8 Å². The van der Waals surface area contributed by atoms with Gasteiger partial charge in [0.05, 0.1) is 25.7 Å². The predicted molar refractivity (Wildman–Crippen MR) is 141 cm³/mol. The third-order valence-corrected chi connectivity index (χ3v) is 6.29. The summed E-state index contributed by atoms with van der Waals surface area (Å²) in [6, 6.07) is -6.61. The van der Waals surface area contributed by atoms with Crippen LogP contribution in [-0.2, 0) is 33.6 Å². The molecule has 11 N–H and O–H groups in total. The number of aliphatic carboxylic acids is 1. The van der Waals surface area contributed by atoms with Gasteiger partial charge in [-0.3, -0.25) is 28.8 Å². The van der Waals surface area contributed by atoms with Gasteiger partial charge in [0.2, 0.25) is 35.4 Å². The molecule has 1 heterocycles. The van der Waals surface area contributed by atoms with Crippen molar-refractivity contribution in [3.63, 3.8) is 0 Å². The summed E-state index contributed by atoms with van der Waals surface area (Å²) in [5, 5.41) is 37.0. The van der Waals surface area contributed by atoms with Gasteiger partial charge in [0, 0.05) is 6.54 Å². The van der Waals surface area contributed by atoms with Crippen molar-refractivity contribution in [3.8, 4) is 0 Å². The molecule has 1 fully saturated rings. The molecule has 1 aliphatic heterocycles. The number of primary amides is 1. The summed E-state index contributed by atoms with van der Waals surface area (Å²) in [4.78, 5) is 87.3. The first-order valence-electron chi connectivity index (χ1n) is 13.1. The monoisotopic (exact) mass is 587 g/mol. The number of nitrogens with zero attached hydrogens (tertiary/aromatic N) is 1. The van der Waals surface area contributed by atoms with E-state index >= 15 is 0 Å². The first-order valence-corrected chi connectivity index (χ1v) is 13.1. The molecule has 0 bridgehead atoms. The third kappa shape index (κ3) is 11.3. The molecule has 232 valence electrons. The lowest BCUT2D eigenvalue weighted by Crippen LogP contribution is -2.58. The number of aliphatic hydroxyl groups excluding tert-OH is 2. The fraction of sp³-hybridized carbons (Fsp3) is 0.708. The van der Waals surface area contributed by atoms with E-state index in [4.69, 9.17) is 21.7 Å². The zero-order chi connectivity index (χ0) is 31.4. The Morgan fingerprint density at radius 1 is 0.927 bits per heavy atom. The number of carboxylic acids is 1. The Morgan fingerprint density at radius 3 is 2.05 bits per heavy atom. The number of carbonyl (C=O) groups is 7. The van der Waals surface area contributed by atoms with Gasteiger partial charge < -0.3 is 53.0 Å². The topological polar surface area (TPSA) is 284 Å². The second-order valence-electron chi connectivity index (χ2n) is 10.2. The average Bonchev–Trinajstić information content (AvgIpc) is 3.38. The number of hydrogen-bond acceptors (Lipinski definition) is 10. The highest BCUT2D eigenvalue weighted by Crippen LogP contribution is 2.17. The Kier molecular flexibility index (Phi) is 14.1. The molecule has 0 aromatic carbocycles. The maximum Gasteiger partial charge on any atom is 0.328 e. The molecular formula is C24H41N7O10. The first kappa shape index (κ1) is 35.2. The highest BCUT2D eigenvalue weighted by molar-refractivity contribution is 5.97. The van der Waals surface area contributed by atoms with Gasteiger partial charge in [0.25, 0.3) is 0 Å². The molecule has 0 spiro atoms. The van der Waals surface area contributed by atoms with E-state index in [0.29, 0.717) is 6.42 Å². The summed E-state index contributed by atoms with van der Waals surface area (Å²) >= 11 is 0. The first-order chi connectivity index (χ1) is 19.1. The Hall–Kier alpha value is -3.83. The van der Waals surface area contributed by atoms with Gasteiger partial charge in [-0.2, -0.15) is 0 Å². The normalized spacial score (nSPS) is 18.4. The largest absolute Gasteiger partial charge is 0.480 e. The highest BCUT2D eigenvalue weighted by Gasteiger charge is 2.36. The maximum atomic E-state index is 13.0. The summed E-state index contributed by atoms with van der Waals surface area (Å²) in [6.45, 7) is 3.60. The summed E-state index contributed by atoms with van der Waals surface area (Å²) < 4.78 is 0. The number of amides is 6. The van der Waals surface area contributed by atoms with Crippen LogP contribution in [0.2, 0.25) is 0 Å². The van der Waals surface area contributed by atoms with Crippen LogP contribution >= 0.6 is 0 Å². The molecule has 1 saturated heterocycles. The average molecular weight is 588 g/mol. The van der Waals surface area contributed by atoms with Gasteiger partial charge in [-0.1, -0.05) is 13.8 Å². The number of carboxylic acid groups (broad SMARTS) is 1. The molecular weight excluding hydrogens is 546 g/mol. The molecule has 17 nitrogen and oxygen atoms in total. The van der Waals surface area contributed by atoms with Gasteiger partial charge in [-0.05, 0) is 32.1 Å². The Bertz CT molecular complexity index is 990. The third-order valence-electron chi connectivity index (χ3n) is 6.29. The van der Waals surface area contributed by atoms with E-state index in [2.05, 4.69) is 21.3 Å². The number of likely N-dealkylation sites (tertiary alicyclic amines) is 1.